The van der Waals surface area contributed by atoms with Gasteiger partial charge in [0.15, 0.2) is 0 Å². The molecule has 0 radical (unpaired) electrons. The molecule has 3 rings (SSSR count). The van der Waals surface area contributed by atoms with E-state index in [9.17, 15) is 18.0 Å². The molecule has 0 spiro atoms. The van der Waals surface area contributed by atoms with E-state index in [0.29, 0.717) is 31.7 Å². The SMILES string of the molecule is CCNC(=O)N1CCc2c(cnn2-c2ccc(C(F)(F)F)cc2)C1. The van der Waals surface area contributed by atoms with E-state index in [2.05, 4.69) is 10.4 Å². The maximum atomic E-state index is 12.7. The van der Waals surface area contributed by atoms with Crippen molar-refractivity contribution in [1.82, 2.24) is 20.0 Å². The number of urea groups is 1. The molecule has 0 saturated heterocycles. The van der Waals surface area contributed by atoms with Gasteiger partial charge in [0, 0.05) is 25.1 Å². The zero-order chi connectivity index (χ0) is 17.3. The second-order valence-corrected chi connectivity index (χ2v) is 5.58. The van der Waals surface area contributed by atoms with Gasteiger partial charge in [-0.3, -0.25) is 0 Å². The maximum absolute atomic E-state index is 12.7. The van der Waals surface area contributed by atoms with Crippen molar-refractivity contribution in [3.63, 3.8) is 0 Å². The van der Waals surface area contributed by atoms with Gasteiger partial charge in [0.2, 0.25) is 0 Å². The minimum Gasteiger partial charge on any atom is -0.338 e. The fourth-order valence-corrected chi connectivity index (χ4v) is 2.78. The first-order chi connectivity index (χ1) is 11.4. The average molecular weight is 338 g/mol. The standard InChI is InChI=1S/C16H17F3N4O/c1-2-20-15(24)22-8-7-14-11(10-22)9-21-23(14)13-5-3-12(4-6-13)16(17,18)19/h3-6,9H,2,7-8,10H2,1H3,(H,20,24). The van der Waals surface area contributed by atoms with Crippen molar-refractivity contribution in [3.8, 4) is 5.69 Å². The minimum atomic E-state index is -4.35. The lowest BCUT2D eigenvalue weighted by Crippen LogP contribution is -2.42. The van der Waals surface area contributed by atoms with Crippen molar-refractivity contribution in [1.29, 1.82) is 0 Å². The first kappa shape index (κ1) is 16.4. The molecule has 0 saturated carbocycles. The molecule has 5 nitrogen and oxygen atoms in total. The van der Waals surface area contributed by atoms with Gasteiger partial charge < -0.3 is 10.2 Å². The van der Waals surface area contributed by atoms with Gasteiger partial charge in [0.25, 0.3) is 0 Å². The fourth-order valence-electron chi connectivity index (χ4n) is 2.78. The normalized spacial score (nSPS) is 14.4. The molecule has 0 fully saturated rings. The lowest BCUT2D eigenvalue weighted by atomic mass is 10.1. The Morgan fingerprint density at radius 3 is 2.62 bits per heavy atom. The highest BCUT2D eigenvalue weighted by Gasteiger charge is 2.30. The molecular formula is C16H17F3N4O. The Bertz CT molecular complexity index is 737. The molecule has 1 N–H and O–H groups in total. The zero-order valence-electron chi connectivity index (χ0n) is 13.1. The number of amides is 2. The number of hydrogen-bond acceptors (Lipinski definition) is 2. The molecule has 128 valence electrons. The Kier molecular flexibility index (Phi) is 4.21. The Morgan fingerprint density at radius 2 is 2.00 bits per heavy atom. The summed E-state index contributed by atoms with van der Waals surface area (Å²) in [5.74, 6) is 0. The summed E-state index contributed by atoms with van der Waals surface area (Å²) in [6, 6.07) is 4.80. The number of alkyl halides is 3. The van der Waals surface area contributed by atoms with Crippen molar-refractivity contribution in [3.05, 3.63) is 47.3 Å². The molecule has 8 heteroatoms. The summed E-state index contributed by atoms with van der Waals surface area (Å²) >= 11 is 0. The van der Waals surface area contributed by atoms with Crippen LogP contribution in [0.2, 0.25) is 0 Å². The predicted octanol–water partition coefficient (Wildman–Crippen LogP) is 2.98. The maximum Gasteiger partial charge on any atom is 0.416 e. The van der Waals surface area contributed by atoms with Gasteiger partial charge >= 0.3 is 12.2 Å². The lowest BCUT2D eigenvalue weighted by Gasteiger charge is -2.27. The number of aromatic nitrogens is 2. The van der Waals surface area contributed by atoms with Crippen molar-refractivity contribution in [2.45, 2.75) is 26.1 Å². The topological polar surface area (TPSA) is 50.2 Å². The van der Waals surface area contributed by atoms with Gasteiger partial charge in [-0.05, 0) is 31.2 Å². The number of carbonyl (C=O) groups excluding carboxylic acids is 1. The van der Waals surface area contributed by atoms with E-state index in [0.717, 1.165) is 23.4 Å². The quantitative estimate of drug-likeness (QED) is 0.915. The van der Waals surface area contributed by atoms with Crippen LogP contribution in [0.25, 0.3) is 5.69 Å². The van der Waals surface area contributed by atoms with Crippen molar-refractivity contribution in [2.24, 2.45) is 0 Å². The van der Waals surface area contributed by atoms with Crippen LogP contribution >= 0.6 is 0 Å². The first-order valence-corrected chi connectivity index (χ1v) is 7.66. The fraction of sp³-hybridized carbons (Fsp3) is 0.375. The molecule has 0 atom stereocenters. The third-order valence-corrected chi connectivity index (χ3v) is 3.99. The molecule has 0 aliphatic carbocycles. The van der Waals surface area contributed by atoms with Crippen LogP contribution in [-0.2, 0) is 19.1 Å². The van der Waals surface area contributed by atoms with Gasteiger partial charge in [0.1, 0.15) is 0 Å². The molecule has 2 heterocycles. The third-order valence-electron chi connectivity index (χ3n) is 3.99. The highest BCUT2D eigenvalue weighted by molar-refractivity contribution is 5.74. The number of carbonyl (C=O) groups is 1. The van der Waals surface area contributed by atoms with E-state index < -0.39 is 11.7 Å². The Hall–Kier alpha value is -2.51. The smallest absolute Gasteiger partial charge is 0.338 e. The molecule has 1 aliphatic heterocycles. The molecule has 1 aliphatic rings. The average Bonchev–Trinajstić information content (AvgIpc) is 2.97. The molecule has 2 amide bonds. The molecule has 1 aromatic carbocycles. The van der Waals surface area contributed by atoms with Gasteiger partial charge in [-0.15, -0.1) is 0 Å². The Labute approximate surface area is 137 Å². The van der Waals surface area contributed by atoms with E-state index in [4.69, 9.17) is 0 Å². The van der Waals surface area contributed by atoms with Gasteiger partial charge in [-0.25, -0.2) is 9.48 Å². The van der Waals surface area contributed by atoms with Gasteiger partial charge in [0.05, 0.1) is 29.7 Å². The zero-order valence-corrected chi connectivity index (χ0v) is 13.1. The molecule has 0 bridgehead atoms. The van der Waals surface area contributed by atoms with Crippen molar-refractivity contribution >= 4 is 6.03 Å². The number of rotatable bonds is 2. The molecule has 2 aromatic rings. The highest BCUT2D eigenvalue weighted by Crippen LogP contribution is 2.30. The molecule has 24 heavy (non-hydrogen) atoms. The highest BCUT2D eigenvalue weighted by atomic mass is 19.4. The number of halogens is 3. The summed E-state index contributed by atoms with van der Waals surface area (Å²) in [7, 11) is 0. The Balaban J connectivity index is 1.82. The van der Waals surface area contributed by atoms with E-state index >= 15 is 0 Å². The van der Waals surface area contributed by atoms with Crippen molar-refractivity contribution < 1.29 is 18.0 Å². The van der Waals surface area contributed by atoms with Crippen LogP contribution in [0.4, 0.5) is 18.0 Å². The monoisotopic (exact) mass is 338 g/mol. The van der Waals surface area contributed by atoms with Gasteiger partial charge in [-0.1, -0.05) is 0 Å². The molecule has 1 aromatic heterocycles. The Morgan fingerprint density at radius 1 is 1.29 bits per heavy atom. The molecule has 0 unspecified atom stereocenters. The van der Waals surface area contributed by atoms with Crippen molar-refractivity contribution in [2.75, 3.05) is 13.1 Å². The van der Waals surface area contributed by atoms with Gasteiger partial charge in [-0.2, -0.15) is 18.3 Å². The van der Waals surface area contributed by atoms with E-state index in [1.807, 2.05) is 6.92 Å². The lowest BCUT2D eigenvalue weighted by molar-refractivity contribution is -0.137. The summed E-state index contributed by atoms with van der Waals surface area (Å²) in [6.45, 7) is 3.41. The molecular weight excluding hydrogens is 321 g/mol. The van der Waals surface area contributed by atoms with Crippen LogP contribution in [0, 0.1) is 0 Å². The van der Waals surface area contributed by atoms with Crippen LogP contribution in [0.5, 0.6) is 0 Å². The number of benzene rings is 1. The second-order valence-electron chi connectivity index (χ2n) is 5.58. The first-order valence-electron chi connectivity index (χ1n) is 7.66. The van der Waals surface area contributed by atoms with E-state index in [1.165, 1.54) is 12.1 Å². The van der Waals surface area contributed by atoms with E-state index in [-0.39, 0.29) is 6.03 Å². The number of hydrogen-bond donors (Lipinski definition) is 1. The number of nitrogens with zero attached hydrogens (tertiary/aromatic N) is 3. The number of fused-ring (bicyclic) bond motifs is 1. The third kappa shape index (κ3) is 3.08. The predicted molar refractivity (Wildman–Crippen MR) is 81.8 cm³/mol. The largest absolute Gasteiger partial charge is 0.416 e. The van der Waals surface area contributed by atoms with Crippen LogP contribution in [-0.4, -0.2) is 33.8 Å². The minimum absolute atomic E-state index is 0.120. The van der Waals surface area contributed by atoms with Crippen LogP contribution in [0.3, 0.4) is 0 Å². The summed E-state index contributed by atoms with van der Waals surface area (Å²) in [5, 5.41) is 7.03. The van der Waals surface area contributed by atoms with E-state index in [1.54, 1.807) is 15.8 Å². The summed E-state index contributed by atoms with van der Waals surface area (Å²) < 4.78 is 39.6. The van der Waals surface area contributed by atoms with Crippen LogP contribution in [0.1, 0.15) is 23.7 Å². The summed E-state index contributed by atoms with van der Waals surface area (Å²) in [6.07, 6.45) is -2.08. The van der Waals surface area contributed by atoms with Crippen LogP contribution in [0.15, 0.2) is 30.5 Å². The van der Waals surface area contributed by atoms with Crippen LogP contribution < -0.4 is 5.32 Å². The number of nitrogens with one attached hydrogen (secondary N) is 1. The second kappa shape index (κ2) is 6.18. The summed E-state index contributed by atoms with van der Waals surface area (Å²) in [4.78, 5) is 13.6. The summed E-state index contributed by atoms with van der Waals surface area (Å²) in [5.41, 5.74) is 1.73.